The molecule has 0 radical (unpaired) electrons. The summed E-state index contributed by atoms with van der Waals surface area (Å²) in [7, 11) is 0. The van der Waals surface area contributed by atoms with Gasteiger partial charge in [0.1, 0.15) is 10.7 Å². The van der Waals surface area contributed by atoms with Gasteiger partial charge < -0.3 is 9.80 Å². The van der Waals surface area contributed by atoms with Gasteiger partial charge in [-0.2, -0.15) is 13.2 Å². The van der Waals surface area contributed by atoms with E-state index in [2.05, 4.69) is 9.97 Å². The lowest BCUT2D eigenvalue weighted by atomic mass is 10.2. The van der Waals surface area contributed by atoms with Crippen LogP contribution in [0.25, 0.3) is 0 Å². The molecule has 1 saturated heterocycles. The second kappa shape index (κ2) is 8.06. The molecule has 3 heterocycles. The Labute approximate surface area is 166 Å². The third-order valence-electron chi connectivity index (χ3n) is 4.68. The molecule has 0 aromatic carbocycles. The molecule has 2 aromatic rings. The Morgan fingerprint density at radius 1 is 1.18 bits per heavy atom. The lowest BCUT2D eigenvalue weighted by Gasteiger charge is -2.23. The summed E-state index contributed by atoms with van der Waals surface area (Å²) in [4.78, 5) is 25.8. The van der Waals surface area contributed by atoms with Crippen molar-refractivity contribution in [3.8, 4) is 0 Å². The normalized spacial score (nSPS) is 15.8. The molecule has 9 heteroatoms. The van der Waals surface area contributed by atoms with Crippen LogP contribution in [-0.2, 0) is 6.18 Å². The predicted molar refractivity (Wildman–Crippen MR) is 103 cm³/mol. The van der Waals surface area contributed by atoms with Gasteiger partial charge in [-0.3, -0.25) is 4.79 Å². The smallest absolute Gasteiger partial charge is 0.355 e. The Hall–Kier alpha value is -2.16. The van der Waals surface area contributed by atoms with E-state index in [0.29, 0.717) is 36.9 Å². The maximum Gasteiger partial charge on any atom is 0.417 e. The molecule has 0 aliphatic carbocycles. The third kappa shape index (κ3) is 4.45. The van der Waals surface area contributed by atoms with E-state index in [1.165, 1.54) is 17.4 Å². The van der Waals surface area contributed by atoms with Crippen molar-refractivity contribution in [2.45, 2.75) is 39.3 Å². The number of amides is 1. The van der Waals surface area contributed by atoms with Gasteiger partial charge in [0.15, 0.2) is 0 Å². The lowest BCUT2D eigenvalue weighted by Crippen LogP contribution is -2.35. The molecular formula is C19H23F3N4OS. The summed E-state index contributed by atoms with van der Waals surface area (Å²) in [5.41, 5.74) is -0.00582. The van der Waals surface area contributed by atoms with Gasteiger partial charge in [0.2, 0.25) is 0 Å². The molecule has 1 aliphatic heterocycles. The summed E-state index contributed by atoms with van der Waals surface area (Å²) in [6.45, 7) is 8.22. The highest BCUT2D eigenvalue weighted by molar-refractivity contribution is 7.13. The molecular weight excluding hydrogens is 389 g/mol. The predicted octanol–water partition coefficient (Wildman–Crippen LogP) is 4.34. The summed E-state index contributed by atoms with van der Waals surface area (Å²) >= 11 is 1.44. The highest BCUT2D eigenvalue weighted by Gasteiger charge is 2.31. The van der Waals surface area contributed by atoms with Gasteiger partial charge in [0.05, 0.1) is 16.3 Å². The molecule has 3 rings (SSSR count). The zero-order valence-corrected chi connectivity index (χ0v) is 16.9. The van der Waals surface area contributed by atoms with Crippen molar-refractivity contribution >= 4 is 23.1 Å². The van der Waals surface area contributed by atoms with E-state index in [1.807, 2.05) is 25.7 Å². The van der Waals surface area contributed by atoms with Gasteiger partial charge in [-0.05, 0) is 25.5 Å². The molecule has 1 aliphatic rings. The number of thiazole rings is 1. The van der Waals surface area contributed by atoms with Crippen molar-refractivity contribution < 1.29 is 18.0 Å². The van der Waals surface area contributed by atoms with E-state index in [0.717, 1.165) is 29.4 Å². The number of alkyl halides is 3. The fourth-order valence-electron chi connectivity index (χ4n) is 3.10. The van der Waals surface area contributed by atoms with E-state index in [4.69, 9.17) is 0 Å². The van der Waals surface area contributed by atoms with Crippen LogP contribution in [0.5, 0.6) is 0 Å². The molecule has 5 nitrogen and oxygen atoms in total. The number of carbonyl (C=O) groups is 1. The van der Waals surface area contributed by atoms with Crippen molar-refractivity contribution in [2.24, 2.45) is 0 Å². The average molecular weight is 412 g/mol. The van der Waals surface area contributed by atoms with Crippen LogP contribution in [-0.4, -0.2) is 47.0 Å². The van der Waals surface area contributed by atoms with Crippen molar-refractivity contribution in [3.63, 3.8) is 0 Å². The van der Waals surface area contributed by atoms with Crippen molar-refractivity contribution in [1.82, 2.24) is 14.9 Å². The first-order valence-corrected chi connectivity index (χ1v) is 10.0. The number of nitrogens with zero attached hydrogens (tertiary/aromatic N) is 4. The quantitative estimate of drug-likeness (QED) is 0.753. The van der Waals surface area contributed by atoms with Crippen LogP contribution < -0.4 is 4.90 Å². The standard InChI is InChI=1S/C19H23F3N4OS/c1-12(2)17-24-13(3)16(28-17)18(27)26-8-4-7-25(9-10-26)15-6-5-14(11-23-15)19(20,21)22/h5-6,11-12H,4,7-10H2,1-3H3. The van der Waals surface area contributed by atoms with Crippen molar-refractivity contribution in [3.05, 3.63) is 39.5 Å². The molecule has 28 heavy (non-hydrogen) atoms. The molecule has 152 valence electrons. The molecule has 0 bridgehead atoms. The van der Waals surface area contributed by atoms with Gasteiger partial charge >= 0.3 is 6.18 Å². The van der Waals surface area contributed by atoms with Crippen LogP contribution in [0.4, 0.5) is 19.0 Å². The summed E-state index contributed by atoms with van der Waals surface area (Å²) in [5, 5.41) is 0.950. The number of carbonyl (C=O) groups excluding carboxylic acids is 1. The van der Waals surface area contributed by atoms with Gasteiger partial charge in [-0.25, -0.2) is 9.97 Å². The molecule has 2 aromatic heterocycles. The Morgan fingerprint density at radius 3 is 2.50 bits per heavy atom. The highest BCUT2D eigenvalue weighted by atomic mass is 32.1. The minimum atomic E-state index is -4.39. The van der Waals surface area contributed by atoms with E-state index in [-0.39, 0.29) is 11.8 Å². The average Bonchev–Trinajstić information content (AvgIpc) is 2.87. The largest absolute Gasteiger partial charge is 0.417 e. The molecule has 0 N–H and O–H groups in total. The fraction of sp³-hybridized carbons (Fsp3) is 0.526. The number of hydrogen-bond acceptors (Lipinski definition) is 5. The zero-order valence-electron chi connectivity index (χ0n) is 16.1. The SMILES string of the molecule is Cc1nc(C(C)C)sc1C(=O)N1CCCN(c2ccc(C(F)(F)F)cn2)CC1. The van der Waals surface area contributed by atoms with Crippen LogP contribution in [0.2, 0.25) is 0 Å². The Morgan fingerprint density at radius 2 is 1.93 bits per heavy atom. The minimum absolute atomic E-state index is 0.0240. The maximum atomic E-state index is 12.9. The van der Waals surface area contributed by atoms with E-state index >= 15 is 0 Å². The molecule has 1 amide bonds. The van der Waals surface area contributed by atoms with E-state index < -0.39 is 11.7 Å². The number of pyridine rings is 1. The van der Waals surface area contributed by atoms with Crippen LogP contribution >= 0.6 is 11.3 Å². The second-order valence-corrected chi connectivity index (χ2v) is 8.19. The first kappa shape index (κ1) is 20.6. The molecule has 1 fully saturated rings. The number of aromatic nitrogens is 2. The summed E-state index contributed by atoms with van der Waals surface area (Å²) in [6, 6.07) is 2.44. The first-order valence-electron chi connectivity index (χ1n) is 9.21. The molecule has 0 spiro atoms. The number of rotatable bonds is 3. The number of halogens is 3. The number of aryl methyl sites for hydroxylation is 1. The summed E-state index contributed by atoms with van der Waals surface area (Å²) in [5.74, 6) is 0.748. The Bertz CT molecular complexity index is 833. The van der Waals surface area contributed by atoms with Crippen LogP contribution in [0, 0.1) is 6.92 Å². The lowest BCUT2D eigenvalue weighted by molar-refractivity contribution is -0.137. The minimum Gasteiger partial charge on any atom is -0.355 e. The Kier molecular flexibility index (Phi) is 5.92. The second-order valence-electron chi connectivity index (χ2n) is 7.16. The van der Waals surface area contributed by atoms with Crippen molar-refractivity contribution in [1.29, 1.82) is 0 Å². The summed E-state index contributed by atoms with van der Waals surface area (Å²) in [6.07, 6.45) is -2.81. The Balaban J connectivity index is 1.68. The van der Waals surface area contributed by atoms with Gasteiger partial charge in [-0.1, -0.05) is 13.8 Å². The van der Waals surface area contributed by atoms with Gasteiger partial charge in [0, 0.05) is 38.3 Å². The third-order valence-corrected chi connectivity index (χ3v) is 6.13. The zero-order chi connectivity index (χ0) is 20.5. The van der Waals surface area contributed by atoms with Crippen LogP contribution in [0.15, 0.2) is 18.3 Å². The maximum absolute atomic E-state index is 12.9. The topological polar surface area (TPSA) is 49.3 Å². The number of hydrogen-bond donors (Lipinski definition) is 0. The summed E-state index contributed by atoms with van der Waals surface area (Å²) < 4.78 is 38.1. The first-order chi connectivity index (χ1) is 13.2. The van der Waals surface area contributed by atoms with E-state index in [1.54, 1.807) is 4.90 Å². The van der Waals surface area contributed by atoms with Gasteiger partial charge in [0.25, 0.3) is 5.91 Å². The molecule has 0 atom stereocenters. The highest BCUT2D eigenvalue weighted by Crippen LogP contribution is 2.30. The molecule has 0 unspecified atom stereocenters. The monoisotopic (exact) mass is 412 g/mol. The molecule has 0 saturated carbocycles. The number of anilines is 1. The van der Waals surface area contributed by atoms with E-state index in [9.17, 15) is 18.0 Å². The van der Waals surface area contributed by atoms with Crippen LogP contribution in [0.1, 0.15) is 52.1 Å². The van der Waals surface area contributed by atoms with Crippen LogP contribution in [0.3, 0.4) is 0 Å². The fourth-order valence-corrected chi connectivity index (χ4v) is 4.13. The van der Waals surface area contributed by atoms with Gasteiger partial charge in [-0.15, -0.1) is 11.3 Å². The van der Waals surface area contributed by atoms with Crippen molar-refractivity contribution in [2.75, 3.05) is 31.1 Å².